The normalized spacial score (nSPS) is 17.3. The average Bonchev–Trinajstić information content (AvgIpc) is 2.87. The maximum absolute atomic E-state index is 12.5. The van der Waals surface area contributed by atoms with Crippen LogP contribution < -0.4 is 0 Å². The highest BCUT2D eigenvalue weighted by Gasteiger charge is 2.30. The van der Waals surface area contributed by atoms with Gasteiger partial charge in [-0.15, -0.1) is 0 Å². The first-order valence-electron chi connectivity index (χ1n) is 4.45. The lowest BCUT2D eigenvalue weighted by molar-refractivity contribution is 0.363. The number of halogens is 1. The minimum atomic E-state index is -4.68. The Morgan fingerprint density at radius 3 is 2.80 bits per heavy atom. The van der Waals surface area contributed by atoms with E-state index in [1.807, 2.05) is 0 Å². The third-order valence-electron chi connectivity index (χ3n) is 2.15. The molecule has 84 valence electrons. The van der Waals surface area contributed by atoms with Crippen molar-refractivity contribution in [1.29, 1.82) is 0 Å². The van der Waals surface area contributed by atoms with E-state index in [0.29, 0.717) is 16.1 Å². The molecule has 15 heavy (non-hydrogen) atoms. The van der Waals surface area contributed by atoms with Crippen LogP contribution in [0.2, 0.25) is 0 Å². The lowest BCUT2D eigenvalue weighted by atomic mass is 10.4. The van der Waals surface area contributed by atoms with Crippen LogP contribution in [0.4, 0.5) is 3.89 Å². The third-order valence-corrected chi connectivity index (χ3v) is 3.02. The van der Waals surface area contributed by atoms with Crippen LogP contribution in [-0.2, 0) is 17.0 Å². The Bertz CT molecular complexity index is 454. The first-order valence-corrected chi connectivity index (χ1v) is 5.79. The molecule has 1 saturated carbocycles. The van der Waals surface area contributed by atoms with Crippen molar-refractivity contribution >= 4 is 10.4 Å². The summed E-state index contributed by atoms with van der Waals surface area (Å²) in [5.74, 6) is 0.994. The number of hydrogen-bond donors (Lipinski definition) is 0. The van der Waals surface area contributed by atoms with E-state index in [4.69, 9.17) is 4.52 Å². The first kappa shape index (κ1) is 10.5. The van der Waals surface area contributed by atoms with E-state index in [0.717, 1.165) is 19.9 Å². The zero-order chi connectivity index (χ0) is 11.1. The highest BCUT2D eigenvalue weighted by Crippen LogP contribution is 2.38. The van der Waals surface area contributed by atoms with E-state index in [2.05, 4.69) is 10.1 Å². The summed E-state index contributed by atoms with van der Waals surface area (Å²) in [5.41, 5.74) is 0. The number of rotatable bonds is 4. The lowest BCUT2D eigenvalue weighted by Crippen LogP contribution is -2.22. The molecule has 2 rings (SSSR count). The van der Waals surface area contributed by atoms with Gasteiger partial charge in [-0.05, 0) is 12.8 Å². The van der Waals surface area contributed by atoms with Gasteiger partial charge in [-0.25, -0.2) is 0 Å². The summed E-state index contributed by atoms with van der Waals surface area (Å²) in [6, 6.07) is 0. The molecule has 0 saturated heterocycles. The summed E-state index contributed by atoms with van der Waals surface area (Å²) >= 11 is 0. The summed E-state index contributed by atoms with van der Waals surface area (Å²) in [5, 5.41) is 3.57. The maximum atomic E-state index is 12.5. The summed E-state index contributed by atoms with van der Waals surface area (Å²) in [7, 11) is -3.57. The quantitative estimate of drug-likeness (QED) is 0.714. The van der Waals surface area contributed by atoms with Gasteiger partial charge in [0.1, 0.15) is 0 Å². The van der Waals surface area contributed by atoms with Crippen molar-refractivity contribution in [3.63, 3.8) is 0 Å². The van der Waals surface area contributed by atoms with Gasteiger partial charge in [0.15, 0.2) is 5.82 Å². The fourth-order valence-corrected chi connectivity index (χ4v) is 1.37. The summed E-state index contributed by atoms with van der Waals surface area (Å²) in [4.78, 5) is 3.98. The van der Waals surface area contributed by atoms with Crippen LogP contribution in [0.25, 0.3) is 0 Å². The largest absolute Gasteiger partial charge is 0.374 e. The van der Waals surface area contributed by atoms with Crippen LogP contribution in [-0.4, -0.2) is 29.9 Å². The van der Waals surface area contributed by atoms with E-state index in [1.165, 1.54) is 0 Å². The molecule has 0 N–H and O–H groups in total. The van der Waals surface area contributed by atoms with Gasteiger partial charge in [-0.3, -0.25) is 0 Å². The Hall–Kier alpha value is -1.02. The zero-order valence-electron chi connectivity index (χ0n) is 8.05. The number of nitrogens with zero attached hydrogens (tertiary/aromatic N) is 3. The summed E-state index contributed by atoms with van der Waals surface area (Å²) in [6.07, 6.45) is 2.03. The molecule has 1 aliphatic carbocycles. The van der Waals surface area contributed by atoms with Crippen molar-refractivity contribution < 1.29 is 16.8 Å². The molecule has 6 nitrogen and oxygen atoms in total. The molecule has 0 radical (unpaired) electrons. The van der Waals surface area contributed by atoms with Gasteiger partial charge < -0.3 is 4.52 Å². The van der Waals surface area contributed by atoms with Crippen LogP contribution >= 0.6 is 0 Å². The van der Waals surface area contributed by atoms with E-state index in [9.17, 15) is 12.3 Å². The van der Waals surface area contributed by atoms with E-state index < -0.39 is 10.4 Å². The van der Waals surface area contributed by atoms with Crippen LogP contribution in [0.5, 0.6) is 0 Å². The second-order valence-electron chi connectivity index (χ2n) is 3.52. The standard InChI is InChI=1S/C7H10FN3O3S/c1-11(15(8,12)13)4-6-9-7(14-10-6)5-2-3-5/h5H,2-4H2,1H3. The minimum Gasteiger partial charge on any atom is -0.339 e. The molecule has 0 spiro atoms. The monoisotopic (exact) mass is 235 g/mol. The Morgan fingerprint density at radius 1 is 1.60 bits per heavy atom. The van der Waals surface area contributed by atoms with Crippen molar-refractivity contribution in [3.8, 4) is 0 Å². The molecule has 1 aromatic rings. The van der Waals surface area contributed by atoms with Gasteiger partial charge in [-0.2, -0.15) is 17.7 Å². The predicted octanol–water partition coefficient (Wildman–Crippen LogP) is 0.593. The second-order valence-corrected chi connectivity index (χ2v) is 4.97. The molecule has 0 unspecified atom stereocenters. The molecule has 0 aliphatic heterocycles. The van der Waals surface area contributed by atoms with Crippen molar-refractivity contribution in [2.75, 3.05) is 7.05 Å². The van der Waals surface area contributed by atoms with Gasteiger partial charge in [0.2, 0.25) is 5.89 Å². The highest BCUT2D eigenvalue weighted by atomic mass is 32.3. The highest BCUT2D eigenvalue weighted by molar-refractivity contribution is 7.83. The Labute approximate surface area is 86.4 Å². The van der Waals surface area contributed by atoms with Gasteiger partial charge in [0, 0.05) is 13.0 Å². The van der Waals surface area contributed by atoms with Gasteiger partial charge >= 0.3 is 10.4 Å². The molecular weight excluding hydrogens is 225 g/mol. The van der Waals surface area contributed by atoms with E-state index in [-0.39, 0.29) is 12.4 Å². The van der Waals surface area contributed by atoms with Crippen molar-refractivity contribution in [1.82, 2.24) is 14.4 Å². The van der Waals surface area contributed by atoms with Gasteiger partial charge in [-0.1, -0.05) is 9.04 Å². The number of hydrogen-bond acceptors (Lipinski definition) is 5. The molecule has 1 fully saturated rings. The maximum Gasteiger partial charge on any atom is 0.374 e. The van der Waals surface area contributed by atoms with Crippen LogP contribution in [0.1, 0.15) is 30.5 Å². The molecule has 1 aliphatic rings. The molecule has 0 bridgehead atoms. The smallest absolute Gasteiger partial charge is 0.339 e. The molecule has 1 heterocycles. The Balaban J connectivity index is 2.04. The molecule has 8 heteroatoms. The Morgan fingerprint density at radius 2 is 2.27 bits per heavy atom. The van der Waals surface area contributed by atoms with Crippen LogP contribution in [0, 0.1) is 0 Å². The van der Waals surface area contributed by atoms with E-state index >= 15 is 0 Å². The fraction of sp³-hybridized carbons (Fsp3) is 0.714. The van der Waals surface area contributed by atoms with Crippen LogP contribution in [0.15, 0.2) is 4.52 Å². The molecule has 0 amide bonds. The topological polar surface area (TPSA) is 76.3 Å². The molecular formula is C7H10FN3O3S. The fourth-order valence-electron chi connectivity index (χ4n) is 1.10. The van der Waals surface area contributed by atoms with Crippen molar-refractivity contribution in [3.05, 3.63) is 11.7 Å². The average molecular weight is 235 g/mol. The molecule has 0 atom stereocenters. The molecule has 0 aromatic carbocycles. The molecule has 1 aromatic heterocycles. The second kappa shape index (κ2) is 3.53. The predicted molar refractivity (Wildman–Crippen MR) is 47.8 cm³/mol. The first-order chi connectivity index (χ1) is 6.97. The lowest BCUT2D eigenvalue weighted by Gasteiger charge is -2.06. The minimum absolute atomic E-state index is 0.181. The third kappa shape index (κ3) is 2.51. The van der Waals surface area contributed by atoms with Crippen LogP contribution in [0.3, 0.4) is 0 Å². The summed E-state index contributed by atoms with van der Waals surface area (Å²) in [6.45, 7) is -0.213. The van der Waals surface area contributed by atoms with Gasteiger partial charge in [0.05, 0.1) is 6.54 Å². The SMILES string of the molecule is CN(Cc1noc(C2CC2)n1)S(=O)(=O)F. The zero-order valence-corrected chi connectivity index (χ0v) is 8.87. The number of aromatic nitrogens is 2. The Kier molecular flexibility index (Phi) is 2.47. The van der Waals surface area contributed by atoms with E-state index in [1.54, 1.807) is 0 Å². The van der Waals surface area contributed by atoms with Crippen molar-refractivity contribution in [2.24, 2.45) is 0 Å². The van der Waals surface area contributed by atoms with Gasteiger partial charge in [0.25, 0.3) is 0 Å². The van der Waals surface area contributed by atoms with Crippen molar-refractivity contribution in [2.45, 2.75) is 25.3 Å². The summed E-state index contributed by atoms with van der Waals surface area (Å²) < 4.78 is 38.8.